The maximum atomic E-state index is 12.4. The first kappa shape index (κ1) is 13.7. The highest BCUT2D eigenvalue weighted by molar-refractivity contribution is 8.02. The number of hydrogen-bond acceptors (Lipinski definition) is 1. The van der Waals surface area contributed by atoms with Crippen LogP contribution < -0.4 is 0 Å². The lowest BCUT2D eigenvalue weighted by Crippen LogP contribution is -2.34. The first-order chi connectivity index (χ1) is 9.86. The molecule has 1 aromatic carbocycles. The molecule has 0 bridgehead atoms. The summed E-state index contributed by atoms with van der Waals surface area (Å²) in [6.45, 7) is 0. The molecule has 2 heteroatoms. The van der Waals surface area contributed by atoms with Gasteiger partial charge in [-0.05, 0) is 50.0 Å². The summed E-state index contributed by atoms with van der Waals surface area (Å²) in [5.74, 6) is 0.475. The largest absolute Gasteiger partial charge is 0.294 e. The lowest BCUT2D eigenvalue weighted by molar-refractivity contribution is -0.119. The van der Waals surface area contributed by atoms with Crippen LogP contribution >= 0.6 is 0 Å². The number of rotatable bonds is 3. The van der Waals surface area contributed by atoms with E-state index >= 15 is 0 Å². The minimum atomic E-state index is -0.0661. The molecule has 2 unspecified atom stereocenters. The van der Waals surface area contributed by atoms with E-state index in [0.29, 0.717) is 5.78 Å². The Morgan fingerprint density at radius 2 is 1.90 bits per heavy atom. The van der Waals surface area contributed by atoms with Gasteiger partial charge >= 0.3 is 0 Å². The summed E-state index contributed by atoms with van der Waals surface area (Å²) in [6, 6.07) is 10.6. The van der Waals surface area contributed by atoms with E-state index in [0.717, 1.165) is 32.1 Å². The van der Waals surface area contributed by atoms with Crippen LogP contribution in [0, 0.1) is 0 Å². The van der Waals surface area contributed by atoms with Gasteiger partial charge in [-0.2, -0.15) is 0 Å². The quantitative estimate of drug-likeness (QED) is 0.752. The Bertz CT molecular complexity index is 530. The van der Waals surface area contributed by atoms with Crippen molar-refractivity contribution in [3.05, 3.63) is 53.5 Å². The van der Waals surface area contributed by atoms with Gasteiger partial charge in [0, 0.05) is 12.8 Å². The SMILES string of the molecule is O=C1CCCCC1[S+](C1=CCCC=C1)c1ccccc1. The molecular formula is C18H21OS+. The van der Waals surface area contributed by atoms with Gasteiger partial charge in [0.2, 0.25) is 0 Å². The first-order valence-corrected chi connectivity index (χ1v) is 8.82. The standard InChI is InChI=1S/C18H21OS/c19-17-13-7-8-14-18(17)20(15-9-3-1-4-10-15)16-11-5-2-6-12-16/h1,3-5,9-12,18H,2,6-8,13-14H2/q+1. The fraction of sp³-hybridized carbons (Fsp3) is 0.389. The first-order valence-electron chi connectivity index (χ1n) is 7.54. The highest BCUT2D eigenvalue weighted by atomic mass is 32.2. The van der Waals surface area contributed by atoms with Crippen LogP contribution in [-0.4, -0.2) is 11.0 Å². The molecule has 2 aliphatic carbocycles. The van der Waals surface area contributed by atoms with E-state index in [-0.39, 0.29) is 16.1 Å². The van der Waals surface area contributed by atoms with Crippen molar-refractivity contribution < 1.29 is 4.79 Å². The summed E-state index contributed by atoms with van der Waals surface area (Å²) in [4.78, 5) is 15.1. The van der Waals surface area contributed by atoms with Crippen LogP contribution in [-0.2, 0) is 15.7 Å². The molecular weight excluding hydrogens is 264 g/mol. The summed E-state index contributed by atoms with van der Waals surface area (Å²) in [6.07, 6.45) is 13.2. The van der Waals surface area contributed by atoms with Crippen LogP contribution in [0.15, 0.2) is 58.4 Å². The molecule has 0 heterocycles. The van der Waals surface area contributed by atoms with Gasteiger partial charge in [0.1, 0.15) is 0 Å². The highest BCUT2D eigenvalue weighted by Gasteiger charge is 2.42. The second-order valence-electron chi connectivity index (χ2n) is 5.44. The Kier molecular flexibility index (Phi) is 4.41. The third-order valence-corrected chi connectivity index (χ3v) is 6.65. The van der Waals surface area contributed by atoms with Gasteiger partial charge in [-0.1, -0.05) is 24.3 Å². The number of allylic oxidation sites excluding steroid dienone is 3. The van der Waals surface area contributed by atoms with Gasteiger partial charge in [0.25, 0.3) is 0 Å². The van der Waals surface area contributed by atoms with Crippen molar-refractivity contribution in [2.45, 2.75) is 48.7 Å². The van der Waals surface area contributed by atoms with Crippen molar-refractivity contribution in [1.82, 2.24) is 0 Å². The predicted molar refractivity (Wildman–Crippen MR) is 85.8 cm³/mol. The lowest BCUT2D eigenvalue weighted by Gasteiger charge is -2.22. The molecule has 1 fully saturated rings. The molecule has 104 valence electrons. The third-order valence-electron chi connectivity index (χ3n) is 4.00. The summed E-state index contributed by atoms with van der Waals surface area (Å²) in [5.41, 5.74) is 0. The van der Waals surface area contributed by atoms with Gasteiger partial charge in [0.05, 0.1) is 10.9 Å². The number of benzene rings is 1. The second-order valence-corrected chi connectivity index (χ2v) is 7.63. The molecule has 0 saturated heterocycles. The molecule has 0 aromatic heterocycles. The smallest absolute Gasteiger partial charge is 0.186 e. The Hall–Kier alpha value is -1.28. The van der Waals surface area contributed by atoms with Gasteiger partial charge in [-0.3, -0.25) is 4.79 Å². The van der Waals surface area contributed by atoms with E-state index in [1.54, 1.807) is 0 Å². The van der Waals surface area contributed by atoms with Crippen molar-refractivity contribution in [2.24, 2.45) is 0 Å². The summed E-state index contributed by atoms with van der Waals surface area (Å²) >= 11 is 0. The average molecular weight is 285 g/mol. The van der Waals surface area contributed by atoms with Gasteiger partial charge < -0.3 is 0 Å². The van der Waals surface area contributed by atoms with Crippen LogP contribution in [0.25, 0.3) is 0 Å². The maximum Gasteiger partial charge on any atom is 0.186 e. The zero-order chi connectivity index (χ0) is 13.8. The number of carbonyl (C=O) groups excluding carboxylic acids is 1. The topological polar surface area (TPSA) is 17.1 Å². The van der Waals surface area contributed by atoms with Gasteiger partial charge in [0.15, 0.2) is 20.8 Å². The second kappa shape index (κ2) is 6.45. The van der Waals surface area contributed by atoms with E-state index in [4.69, 9.17) is 0 Å². The highest BCUT2D eigenvalue weighted by Crippen LogP contribution is 2.35. The fourth-order valence-electron chi connectivity index (χ4n) is 2.98. The van der Waals surface area contributed by atoms with E-state index in [1.165, 1.54) is 16.2 Å². The minimum Gasteiger partial charge on any atom is -0.294 e. The van der Waals surface area contributed by atoms with E-state index in [2.05, 4.69) is 48.6 Å². The van der Waals surface area contributed by atoms with Crippen LogP contribution in [0.1, 0.15) is 38.5 Å². The fourth-order valence-corrected chi connectivity index (χ4v) is 5.69. The molecule has 3 rings (SSSR count). The van der Waals surface area contributed by atoms with Crippen molar-refractivity contribution in [2.75, 3.05) is 0 Å². The molecule has 1 aromatic rings. The van der Waals surface area contributed by atoms with E-state index in [1.807, 2.05) is 0 Å². The molecule has 0 N–H and O–H groups in total. The summed E-state index contributed by atoms with van der Waals surface area (Å²) in [7, 11) is -0.0661. The van der Waals surface area contributed by atoms with Crippen molar-refractivity contribution >= 4 is 16.7 Å². The number of ketones is 1. The van der Waals surface area contributed by atoms with Gasteiger partial charge in [-0.15, -0.1) is 0 Å². The molecule has 2 aliphatic rings. The normalized spacial score (nSPS) is 24.3. The molecule has 2 atom stereocenters. The monoisotopic (exact) mass is 285 g/mol. The molecule has 0 spiro atoms. The molecule has 20 heavy (non-hydrogen) atoms. The Morgan fingerprint density at radius 1 is 1.05 bits per heavy atom. The molecule has 0 radical (unpaired) electrons. The van der Waals surface area contributed by atoms with Crippen molar-refractivity contribution in [3.63, 3.8) is 0 Å². The van der Waals surface area contributed by atoms with Gasteiger partial charge in [-0.25, -0.2) is 0 Å². The zero-order valence-electron chi connectivity index (χ0n) is 11.8. The Morgan fingerprint density at radius 3 is 2.60 bits per heavy atom. The van der Waals surface area contributed by atoms with Crippen LogP contribution in [0.5, 0.6) is 0 Å². The Labute approximate surface area is 124 Å². The molecule has 1 saturated carbocycles. The summed E-state index contributed by atoms with van der Waals surface area (Å²) < 4.78 is 0. The van der Waals surface area contributed by atoms with Crippen LogP contribution in [0.3, 0.4) is 0 Å². The van der Waals surface area contributed by atoms with Crippen LogP contribution in [0.4, 0.5) is 0 Å². The number of carbonyl (C=O) groups is 1. The number of Topliss-reactive ketones (excluding diaryl/α,β-unsaturated/α-hetero) is 1. The third kappa shape index (κ3) is 2.90. The maximum absolute atomic E-state index is 12.4. The summed E-state index contributed by atoms with van der Waals surface area (Å²) in [5, 5.41) is 0.208. The van der Waals surface area contributed by atoms with Crippen molar-refractivity contribution in [3.8, 4) is 0 Å². The number of hydrogen-bond donors (Lipinski definition) is 0. The van der Waals surface area contributed by atoms with E-state index < -0.39 is 0 Å². The molecule has 1 nitrogen and oxygen atoms in total. The zero-order valence-corrected chi connectivity index (χ0v) is 12.6. The Balaban J connectivity index is 1.97. The average Bonchev–Trinajstić information content (AvgIpc) is 2.52. The molecule has 0 aliphatic heterocycles. The lowest BCUT2D eigenvalue weighted by atomic mass is 9.99. The van der Waals surface area contributed by atoms with Crippen LogP contribution in [0.2, 0.25) is 0 Å². The predicted octanol–water partition coefficient (Wildman–Crippen LogP) is 4.41. The minimum absolute atomic E-state index is 0.0661. The molecule has 0 amide bonds. The van der Waals surface area contributed by atoms with Crippen molar-refractivity contribution in [1.29, 1.82) is 0 Å². The van der Waals surface area contributed by atoms with E-state index in [9.17, 15) is 4.79 Å².